The van der Waals surface area contributed by atoms with Crippen LogP contribution in [0.2, 0.25) is 10.3 Å². The summed E-state index contributed by atoms with van der Waals surface area (Å²) in [4.78, 5) is 7.74. The van der Waals surface area contributed by atoms with E-state index in [1.54, 1.807) is 0 Å². The molecule has 23 heavy (non-hydrogen) atoms. The van der Waals surface area contributed by atoms with Crippen molar-refractivity contribution in [1.82, 2.24) is 15.3 Å². The van der Waals surface area contributed by atoms with Crippen molar-refractivity contribution in [3.05, 3.63) is 16.5 Å². The molecule has 8 heteroatoms. The number of hydrogen-bond acceptors (Lipinski definition) is 4. The number of hydrogen-bond donors (Lipinski definition) is 1. The molecular formula is C15H19Cl2F2N3O. The fourth-order valence-corrected chi connectivity index (χ4v) is 3.51. The van der Waals surface area contributed by atoms with Gasteiger partial charge in [0.05, 0.1) is 12.8 Å². The first-order valence-electron chi connectivity index (χ1n) is 7.86. The van der Waals surface area contributed by atoms with Gasteiger partial charge >= 0.3 is 0 Å². The van der Waals surface area contributed by atoms with Crippen molar-refractivity contribution >= 4 is 23.2 Å². The van der Waals surface area contributed by atoms with Gasteiger partial charge in [-0.15, -0.1) is 0 Å². The van der Waals surface area contributed by atoms with Crippen molar-refractivity contribution in [2.24, 2.45) is 5.92 Å². The number of aromatic nitrogens is 2. The Balaban J connectivity index is 1.38. The van der Waals surface area contributed by atoms with E-state index in [2.05, 4.69) is 15.3 Å². The van der Waals surface area contributed by atoms with E-state index >= 15 is 0 Å². The third-order valence-corrected chi connectivity index (χ3v) is 4.99. The van der Waals surface area contributed by atoms with Crippen LogP contribution in [0.5, 0.6) is 5.88 Å². The first kappa shape index (κ1) is 17.1. The molecule has 2 aliphatic rings. The normalized spacial score (nSPS) is 27.5. The Morgan fingerprint density at radius 2 is 1.87 bits per heavy atom. The lowest BCUT2D eigenvalue weighted by atomic mass is 9.83. The van der Waals surface area contributed by atoms with Crippen molar-refractivity contribution in [2.45, 2.75) is 56.5 Å². The van der Waals surface area contributed by atoms with Gasteiger partial charge in [-0.1, -0.05) is 11.6 Å². The largest absolute Gasteiger partial charge is 0.476 e. The van der Waals surface area contributed by atoms with Crippen LogP contribution >= 0.6 is 23.2 Å². The Kier molecular flexibility index (Phi) is 5.23. The summed E-state index contributed by atoms with van der Waals surface area (Å²) in [5.74, 6) is -1.73. The van der Waals surface area contributed by atoms with E-state index in [0.717, 1.165) is 25.7 Å². The molecule has 1 aromatic rings. The van der Waals surface area contributed by atoms with Gasteiger partial charge in [0.2, 0.25) is 11.2 Å². The van der Waals surface area contributed by atoms with Crippen LogP contribution in [0.25, 0.3) is 0 Å². The molecule has 0 atom stereocenters. The first-order valence-corrected chi connectivity index (χ1v) is 8.61. The summed E-state index contributed by atoms with van der Waals surface area (Å²) in [6.07, 6.45) is 5.32. The molecule has 128 valence electrons. The third-order valence-electron chi connectivity index (χ3n) is 4.55. The highest BCUT2D eigenvalue weighted by Gasteiger charge is 2.45. The lowest BCUT2D eigenvalue weighted by Gasteiger charge is -2.39. The zero-order valence-corrected chi connectivity index (χ0v) is 14.1. The maximum atomic E-state index is 12.8. The first-order chi connectivity index (χ1) is 10.9. The highest BCUT2D eigenvalue weighted by molar-refractivity contribution is 6.32. The van der Waals surface area contributed by atoms with Gasteiger partial charge in [-0.3, -0.25) is 0 Å². The van der Waals surface area contributed by atoms with E-state index in [4.69, 9.17) is 27.9 Å². The summed E-state index contributed by atoms with van der Waals surface area (Å²) in [5.41, 5.74) is 0. The van der Waals surface area contributed by atoms with E-state index < -0.39 is 5.92 Å². The van der Waals surface area contributed by atoms with Crippen molar-refractivity contribution in [3.63, 3.8) is 0 Å². The summed E-state index contributed by atoms with van der Waals surface area (Å²) in [7, 11) is 0. The monoisotopic (exact) mass is 365 g/mol. The molecule has 4 nitrogen and oxygen atoms in total. The van der Waals surface area contributed by atoms with E-state index in [1.165, 1.54) is 6.20 Å². The summed E-state index contributed by atoms with van der Waals surface area (Å²) >= 11 is 11.7. The average molecular weight is 366 g/mol. The van der Waals surface area contributed by atoms with Crippen LogP contribution < -0.4 is 10.1 Å². The van der Waals surface area contributed by atoms with Crippen LogP contribution in [0, 0.1) is 5.92 Å². The molecule has 2 fully saturated rings. The van der Waals surface area contributed by atoms with Crippen LogP contribution in [0.3, 0.4) is 0 Å². The van der Waals surface area contributed by atoms with Crippen LogP contribution in [0.15, 0.2) is 6.20 Å². The van der Waals surface area contributed by atoms with Gasteiger partial charge in [0.25, 0.3) is 5.92 Å². The molecule has 3 rings (SSSR count). The van der Waals surface area contributed by atoms with E-state index in [-0.39, 0.29) is 24.2 Å². The average Bonchev–Trinajstić information content (AvgIpc) is 2.48. The minimum atomic E-state index is -2.46. The molecule has 0 saturated heterocycles. The smallest absolute Gasteiger partial charge is 0.251 e. The van der Waals surface area contributed by atoms with Crippen molar-refractivity contribution in [1.29, 1.82) is 0 Å². The van der Waals surface area contributed by atoms with Gasteiger partial charge in [0.15, 0.2) is 0 Å². The van der Waals surface area contributed by atoms with Gasteiger partial charge in [-0.05, 0) is 43.2 Å². The highest BCUT2D eigenvalue weighted by Crippen LogP contribution is 2.38. The van der Waals surface area contributed by atoms with Crippen molar-refractivity contribution < 1.29 is 13.5 Å². The zero-order valence-electron chi connectivity index (χ0n) is 12.6. The second-order valence-electron chi connectivity index (χ2n) is 6.45. The molecule has 2 saturated carbocycles. The van der Waals surface area contributed by atoms with E-state index in [1.807, 2.05) is 0 Å². The highest BCUT2D eigenvalue weighted by atomic mass is 35.5. The molecule has 0 amide bonds. The Morgan fingerprint density at radius 3 is 2.52 bits per heavy atom. The predicted molar refractivity (Wildman–Crippen MR) is 84.4 cm³/mol. The molecule has 2 aliphatic carbocycles. The van der Waals surface area contributed by atoms with Gasteiger partial charge < -0.3 is 10.1 Å². The number of alkyl halides is 2. The summed E-state index contributed by atoms with van der Waals surface area (Å²) in [6, 6.07) is 0.314. The van der Waals surface area contributed by atoms with Gasteiger partial charge in [-0.2, -0.15) is 4.98 Å². The summed E-state index contributed by atoms with van der Waals surface area (Å²) in [6.45, 7) is 0.529. The van der Waals surface area contributed by atoms with Crippen LogP contribution in [-0.2, 0) is 0 Å². The van der Waals surface area contributed by atoms with Crippen LogP contribution in [0.4, 0.5) is 8.78 Å². The lowest BCUT2D eigenvalue weighted by molar-refractivity contribution is -0.0956. The SMILES string of the molecule is FC1(F)CC(NC2CCC(COc3nc(Cl)ncc3Cl)CC2)C1. The topological polar surface area (TPSA) is 47.0 Å². The molecule has 1 N–H and O–H groups in total. The Morgan fingerprint density at radius 1 is 1.17 bits per heavy atom. The fourth-order valence-electron chi connectivity index (χ4n) is 3.24. The molecule has 0 spiro atoms. The van der Waals surface area contributed by atoms with Crippen LogP contribution in [0.1, 0.15) is 38.5 Å². The van der Waals surface area contributed by atoms with E-state index in [9.17, 15) is 8.78 Å². The lowest BCUT2D eigenvalue weighted by Crippen LogP contribution is -2.52. The molecule has 1 heterocycles. The standard InChI is InChI=1S/C15H19Cl2F2N3O/c16-12-7-20-14(17)22-13(12)23-8-9-1-3-10(4-2-9)21-11-5-15(18,19)6-11/h7,9-11,21H,1-6,8H2. The fraction of sp³-hybridized carbons (Fsp3) is 0.733. The summed E-state index contributed by atoms with van der Waals surface area (Å²) in [5, 5.41) is 3.79. The summed E-state index contributed by atoms with van der Waals surface area (Å²) < 4.78 is 31.3. The number of nitrogens with one attached hydrogen (secondary N) is 1. The Labute approximate surface area is 143 Å². The number of nitrogens with zero attached hydrogens (tertiary/aromatic N) is 2. The van der Waals surface area contributed by atoms with Crippen LogP contribution in [-0.4, -0.2) is 34.6 Å². The minimum absolute atomic E-state index is 0.0234. The number of halogens is 4. The molecule has 0 bridgehead atoms. The Bertz CT molecular complexity index is 546. The minimum Gasteiger partial charge on any atom is -0.476 e. The Hall–Kier alpha value is -0.720. The van der Waals surface area contributed by atoms with Gasteiger partial charge in [0, 0.05) is 24.9 Å². The molecule has 0 radical (unpaired) electrons. The second kappa shape index (κ2) is 7.03. The second-order valence-corrected chi connectivity index (χ2v) is 7.19. The van der Waals surface area contributed by atoms with Crippen molar-refractivity contribution in [2.75, 3.05) is 6.61 Å². The maximum Gasteiger partial charge on any atom is 0.251 e. The quantitative estimate of drug-likeness (QED) is 0.797. The molecular weight excluding hydrogens is 347 g/mol. The zero-order chi connectivity index (χ0) is 16.4. The van der Waals surface area contributed by atoms with Gasteiger partial charge in [0.1, 0.15) is 5.02 Å². The van der Waals surface area contributed by atoms with E-state index in [0.29, 0.717) is 29.5 Å². The molecule has 0 aliphatic heterocycles. The van der Waals surface area contributed by atoms with Crippen molar-refractivity contribution in [3.8, 4) is 5.88 Å². The molecule has 1 aromatic heterocycles. The van der Waals surface area contributed by atoms with Gasteiger partial charge in [-0.25, -0.2) is 13.8 Å². The third kappa shape index (κ3) is 4.64. The predicted octanol–water partition coefficient (Wildman–Crippen LogP) is 4.11. The molecule has 0 unspecified atom stereocenters. The number of rotatable bonds is 5. The molecule has 0 aromatic carbocycles. The maximum absolute atomic E-state index is 12.8. The number of ether oxygens (including phenoxy) is 1.